The van der Waals surface area contributed by atoms with Gasteiger partial charge in [-0.3, -0.25) is 5.32 Å². The van der Waals surface area contributed by atoms with Gasteiger partial charge < -0.3 is 0 Å². The molecule has 61 valence electrons. The fourth-order valence-electron chi connectivity index (χ4n) is 0.945. The Morgan fingerprint density at radius 3 is 2.30 bits per heavy atom. The summed E-state index contributed by atoms with van der Waals surface area (Å²) in [6, 6.07) is 0.542. The Balaban J connectivity index is 3.39. The molecule has 1 atom stereocenters. The highest BCUT2D eigenvalue weighted by atomic mass is 15.1. The fourth-order valence-corrected chi connectivity index (χ4v) is 0.945. The van der Waals surface area contributed by atoms with Gasteiger partial charge in [-0.05, 0) is 20.3 Å². The second-order valence-corrected chi connectivity index (χ2v) is 2.88. The molecule has 0 bridgehead atoms. The van der Waals surface area contributed by atoms with Crippen LogP contribution in [0.3, 0.4) is 0 Å². The molecular formula is C8H19N2. The van der Waals surface area contributed by atoms with Crippen molar-refractivity contribution in [3.05, 3.63) is 0 Å². The molecule has 10 heavy (non-hydrogen) atoms. The van der Waals surface area contributed by atoms with E-state index in [-0.39, 0.29) is 0 Å². The maximum Gasteiger partial charge on any atom is 0.0734 e. The van der Waals surface area contributed by atoms with E-state index >= 15 is 0 Å². The quantitative estimate of drug-likeness (QED) is 0.617. The molecule has 0 aliphatic rings. The highest BCUT2D eigenvalue weighted by Gasteiger charge is 2.04. The minimum Gasteiger partial charge on any atom is -0.298 e. The molecule has 1 unspecified atom stereocenters. The first-order chi connectivity index (χ1) is 4.70. The molecule has 1 N–H and O–H groups in total. The van der Waals surface area contributed by atoms with Crippen LogP contribution in [-0.4, -0.2) is 19.3 Å². The van der Waals surface area contributed by atoms with Crippen LogP contribution in [0.1, 0.15) is 33.6 Å². The average Bonchev–Trinajstić information content (AvgIpc) is 1.86. The van der Waals surface area contributed by atoms with Gasteiger partial charge in [-0.15, -0.1) is 0 Å². The molecule has 0 saturated carbocycles. The summed E-state index contributed by atoms with van der Waals surface area (Å²) in [6.45, 7) is 6.47. The maximum absolute atomic E-state index is 4.21. The number of nitrogens with zero attached hydrogens (tertiary/aromatic N) is 1. The van der Waals surface area contributed by atoms with Gasteiger partial charge >= 0.3 is 0 Å². The zero-order valence-corrected chi connectivity index (χ0v) is 7.52. The van der Waals surface area contributed by atoms with Crippen LogP contribution >= 0.6 is 0 Å². The molecule has 0 fully saturated rings. The van der Waals surface area contributed by atoms with Crippen molar-refractivity contribution in [1.82, 2.24) is 10.6 Å². The van der Waals surface area contributed by atoms with Gasteiger partial charge in [0, 0.05) is 13.1 Å². The van der Waals surface area contributed by atoms with E-state index < -0.39 is 0 Å². The highest BCUT2D eigenvalue weighted by molar-refractivity contribution is 4.63. The van der Waals surface area contributed by atoms with E-state index in [0.29, 0.717) is 12.2 Å². The molecule has 0 aliphatic carbocycles. The van der Waals surface area contributed by atoms with Crippen LogP contribution in [0.4, 0.5) is 0 Å². The first-order valence-corrected chi connectivity index (χ1v) is 4.05. The molecule has 0 spiro atoms. The van der Waals surface area contributed by atoms with E-state index in [4.69, 9.17) is 0 Å². The van der Waals surface area contributed by atoms with Crippen LogP contribution in [-0.2, 0) is 0 Å². The van der Waals surface area contributed by atoms with Crippen molar-refractivity contribution in [2.24, 2.45) is 0 Å². The molecule has 0 amide bonds. The molecule has 0 aliphatic heterocycles. The number of hydrogen-bond acceptors (Lipinski definition) is 1. The monoisotopic (exact) mass is 143 g/mol. The van der Waals surface area contributed by atoms with Crippen molar-refractivity contribution in [1.29, 1.82) is 0 Å². The van der Waals surface area contributed by atoms with Crippen molar-refractivity contribution in [2.45, 2.75) is 45.8 Å². The van der Waals surface area contributed by atoms with Gasteiger partial charge in [0.25, 0.3) is 0 Å². The third kappa shape index (κ3) is 4.77. The van der Waals surface area contributed by atoms with Gasteiger partial charge in [-0.1, -0.05) is 13.3 Å². The van der Waals surface area contributed by atoms with Crippen LogP contribution in [0.25, 0.3) is 0 Å². The summed E-state index contributed by atoms with van der Waals surface area (Å²) in [5, 5.41) is 7.57. The average molecular weight is 143 g/mol. The lowest BCUT2D eigenvalue weighted by Crippen LogP contribution is -2.40. The van der Waals surface area contributed by atoms with Gasteiger partial charge in [0.1, 0.15) is 0 Å². The predicted molar refractivity (Wildman–Crippen MR) is 45.0 cm³/mol. The highest BCUT2D eigenvalue weighted by Crippen LogP contribution is 1.94. The SMILES string of the molecule is CCCC([N]C)NC(C)C. The van der Waals surface area contributed by atoms with E-state index in [1.54, 1.807) is 0 Å². The van der Waals surface area contributed by atoms with Crippen molar-refractivity contribution in [3.8, 4) is 0 Å². The van der Waals surface area contributed by atoms with E-state index in [2.05, 4.69) is 31.4 Å². The largest absolute Gasteiger partial charge is 0.298 e. The first-order valence-electron chi connectivity index (χ1n) is 4.05. The zero-order valence-electron chi connectivity index (χ0n) is 7.52. The number of rotatable bonds is 5. The second kappa shape index (κ2) is 5.69. The molecule has 0 saturated heterocycles. The standard InChI is InChI=1S/C8H19N2/c1-5-6-8(9-4)10-7(2)3/h7-8,10H,5-6H2,1-4H3. The Hall–Kier alpha value is -0.0800. The molecule has 0 aromatic rings. The van der Waals surface area contributed by atoms with Crippen LogP contribution in [0, 0.1) is 0 Å². The van der Waals surface area contributed by atoms with Gasteiger partial charge in [-0.2, -0.15) is 0 Å². The summed E-state index contributed by atoms with van der Waals surface area (Å²) in [4.78, 5) is 0. The summed E-state index contributed by atoms with van der Waals surface area (Å²) >= 11 is 0. The Labute approximate surface area is 64.4 Å². The van der Waals surface area contributed by atoms with Crippen molar-refractivity contribution < 1.29 is 0 Å². The Kier molecular flexibility index (Phi) is 5.64. The normalized spacial score (nSPS) is 14.1. The van der Waals surface area contributed by atoms with E-state index in [1.165, 1.54) is 6.42 Å². The zero-order chi connectivity index (χ0) is 7.98. The maximum atomic E-state index is 4.21. The lowest BCUT2D eigenvalue weighted by atomic mass is 10.2. The summed E-state index contributed by atoms with van der Waals surface area (Å²) in [5.41, 5.74) is 0. The minimum atomic E-state index is 0.366. The van der Waals surface area contributed by atoms with Gasteiger partial charge in [0.2, 0.25) is 0 Å². The van der Waals surface area contributed by atoms with Crippen LogP contribution in [0.5, 0.6) is 0 Å². The molecule has 0 aromatic carbocycles. The van der Waals surface area contributed by atoms with Crippen molar-refractivity contribution in [2.75, 3.05) is 7.05 Å². The lowest BCUT2D eigenvalue weighted by molar-refractivity contribution is 0.386. The van der Waals surface area contributed by atoms with Gasteiger partial charge in [0.15, 0.2) is 0 Å². The van der Waals surface area contributed by atoms with Gasteiger partial charge in [-0.25, -0.2) is 5.32 Å². The third-order valence-corrected chi connectivity index (χ3v) is 1.40. The van der Waals surface area contributed by atoms with Crippen LogP contribution < -0.4 is 10.6 Å². The summed E-state index contributed by atoms with van der Waals surface area (Å²) in [7, 11) is 1.87. The smallest absolute Gasteiger partial charge is 0.0734 e. The van der Waals surface area contributed by atoms with Crippen molar-refractivity contribution >= 4 is 0 Å². The summed E-state index contributed by atoms with van der Waals surface area (Å²) in [5.74, 6) is 0. The van der Waals surface area contributed by atoms with Crippen LogP contribution in [0.2, 0.25) is 0 Å². The molecule has 0 heterocycles. The third-order valence-electron chi connectivity index (χ3n) is 1.40. The predicted octanol–water partition coefficient (Wildman–Crippen LogP) is 1.34. The summed E-state index contributed by atoms with van der Waals surface area (Å²) < 4.78 is 0. The first kappa shape index (κ1) is 9.92. The van der Waals surface area contributed by atoms with E-state index in [0.717, 1.165) is 6.42 Å². The number of nitrogens with one attached hydrogen (secondary N) is 1. The molecule has 0 aromatic heterocycles. The topological polar surface area (TPSA) is 26.1 Å². The fraction of sp³-hybridized carbons (Fsp3) is 1.00. The molecule has 1 radical (unpaired) electrons. The molecule has 0 rings (SSSR count). The molecule has 2 nitrogen and oxygen atoms in total. The van der Waals surface area contributed by atoms with Gasteiger partial charge in [0.05, 0.1) is 6.17 Å². The minimum absolute atomic E-state index is 0.366. The van der Waals surface area contributed by atoms with Crippen LogP contribution in [0.15, 0.2) is 0 Å². The number of hydrogen-bond donors (Lipinski definition) is 1. The van der Waals surface area contributed by atoms with E-state index in [9.17, 15) is 0 Å². The second-order valence-electron chi connectivity index (χ2n) is 2.88. The Morgan fingerprint density at radius 1 is 1.40 bits per heavy atom. The molecule has 2 heteroatoms. The molecular weight excluding hydrogens is 124 g/mol. The van der Waals surface area contributed by atoms with E-state index in [1.807, 2.05) is 7.05 Å². The lowest BCUT2D eigenvalue weighted by Gasteiger charge is -2.18. The van der Waals surface area contributed by atoms with Crippen molar-refractivity contribution in [3.63, 3.8) is 0 Å². The Morgan fingerprint density at radius 2 is 2.00 bits per heavy atom. The Bertz CT molecular complexity index is 71.7. The summed E-state index contributed by atoms with van der Waals surface area (Å²) in [6.07, 6.45) is 2.71.